The van der Waals surface area contributed by atoms with E-state index in [9.17, 15) is 13.2 Å². The van der Waals surface area contributed by atoms with Gasteiger partial charge in [-0.25, -0.2) is 13.2 Å². The predicted molar refractivity (Wildman–Crippen MR) is 51.4 cm³/mol. The fourth-order valence-electron chi connectivity index (χ4n) is 1.87. The molecule has 1 aromatic rings. The third-order valence-electron chi connectivity index (χ3n) is 2.71. The van der Waals surface area contributed by atoms with Gasteiger partial charge in [0.25, 0.3) is 0 Å². The van der Waals surface area contributed by atoms with Crippen LogP contribution in [0.15, 0.2) is 18.2 Å². The van der Waals surface area contributed by atoms with Gasteiger partial charge in [-0.05, 0) is 24.6 Å². The van der Waals surface area contributed by atoms with E-state index in [1.807, 2.05) is 0 Å². The first-order chi connectivity index (χ1) is 7.09. The lowest BCUT2D eigenvalue weighted by Gasteiger charge is -2.18. The minimum Gasteiger partial charge on any atom is -0.313 e. The zero-order chi connectivity index (χ0) is 10.9. The van der Waals surface area contributed by atoms with Crippen molar-refractivity contribution in [3.8, 4) is 0 Å². The topological polar surface area (TPSA) is 12.0 Å². The number of hydrogen-bond acceptors (Lipinski definition) is 1. The van der Waals surface area contributed by atoms with Crippen LogP contribution in [0.4, 0.5) is 13.2 Å². The largest absolute Gasteiger partial charge is 0.313 e. The maximum absolute atomic E-state index is 14.0. The molecule has 1 nitrogen and oxygen atoms in total. The van der Waals surface area contributed by atoms with E-state index in [-0.39, 0.29) is 18.5 Å². The Morgan fingerprint density at radius 3 is 2.73 bits per heavy atom. The number of halogens is 3. The van der Waals surface area contributed by atoms with Crippen LogP contribution in [-0.4, -0.2) is 18.8 Å². The van der Waals surface area contributed by atoms with Crippen molar-refractivity contribution < 1.29 is 13.2 Å². The number of benzene rings is 1. The second kappa shape index (κ2) is 3.85. The van der Waals surface area contributed by atoms with Crippen LogP contribution in [0.5, 0.6) is 0 Å². The fraction of sp³-hybridized carbons (Fsp3) is 0.455. The minimum absolute atomic E-state index is 0.00606. The molecule has 1 unspecified atom stereocenters. The third kappa shape index (κ3) is 2.31. The summed E-state index contributed by atoms with van der Waals surface area (Å²) < 4.78 is 39.8. The number of rotatable bonds is 2. The van der Waals surface area contributed by atoms with E-state index < -0.39 is 17.3 Å². The van der Waals surface area contributed by atoms with Gasteiger partial charge >= 0.3 is 0 Å². The summed E-state index contributed by atoms with van der Waals surface area (Å²) >= 11 is 0. The average Bonchev–Trinajstić information content (AvgIpc) is 2.58. The molecule has 0 aliphatic carbocycles. The SMILES string of the molecule is Fc1ccc(CC2(F)CCNC2)c(F)c1. The van der Waals surface area contributed by atoms with Crippen LogP contribution in [0.2, 0.25) is 0 Å². The molecule has 0 aromatic heterocycles. The summed E-state index contributed by atoms with van der Waals surface area (Å²) in [6, 6.07) is 3.26. The molecular formula is C11H12F3N. The Morgan fingerprint density at radius 1 is 1.33 bits per heavy atom. The van der Waals surface area contributed by atoms with Crippen molar-refractivity contribution in [2.75, 3.05) is 13.1 Å². The Kier molecular flexibility index (Phi) is 2.69. The smallest absolute Gasteiger partial charge is 0.129 e. The second-order valence-corrected chi connectivity index (χ2v) is 3.99. The first-order valence-corrected chi connectivity index (χ1v) is 4.93. The Balaban J connectivity index is 2.16. The van der Waals surface area contributed by atoms with Crippen molar-refractivity contribution in [1.82, 2.24) is 5.32 Å². The van der Waals surface area contributed by atoms with E-state index in [0.29, 0.717) is 13.0 Å². The van der Waals surface area contributed by atoms with E-state index in [1.165, 1.54) is 6.07 Å². The normalized spacial score (nSPS) is 25.8. The first kappa shape index (κ1) is 10.5. The summed E-state index contributed by atoms with van der Waals surface area (Å²) in [5.41, 5.74) is -1.15. The average molecular weight is 215 g/mol. The first-order valence-electron chi connectivity index (χ1n) is 4.93. The zero-order valence-electron chi connectivity index (χ0n) is 8.19. The van der Waals surface area contributed by atoms with Crippen LogP contribution in [-0.2, 0) is 6.42 Å². The molecule has 1 fully saturated rings. The summed E-state index contributed by atoms with van der Waals surface area (Å²) in [6.07, 6.45) is 0.385. The highest BCUT2D eigenvalue weighted by molar-refractivity contribution is 5.21. The van der Waals surface area contributed by atoms with Crippen LogP contribution in [0.3, 0.4) is 0 Å². The molecule has 1 atom stereocenters. The van der Waals surface area contributed by atoms with Gasteiger partial charge in [0, 0.05) is 19.0 Å². The highest BCUT2D eigenvalue weighted by Crippen LogP contribution is 2.26. The summed E-state index contributed by atoms with van der Waals surface area (Å²) in [6.45, 7) is 0.850. The van der Waals surface area contributed by atoms with Gasteiger partial charge in [0.15, 0.2) is 0 Å². The van der Waals surface area contributed by atoms with E-state index in [4.69, 9.17) is 0 Å². The predicted octanol–water partition coefficient (Wildman–Crippen LogP) is 2.21. The molecule has 1 saturated heterocycles. The van der Waals surface area contributed by atoms with Gasteiger partial charge < -0.3 is 5.32 Å². The van der Waals surface area contributed by atoms with E-state index in [1.54, 1.807) is 0 Å². The van der Waals surface area contributed by atoms with Crippen molar-refractivity contribution >= 4 is 0 Å². The third-order valence-corrected chi connectivity index (χ3v) is 2.71. The second-order valence-electron chi connectivity index (χ2n) is 3.99. The molecule has 1 aliphatic rings. The van der Waals surface area contributed by atoms with Crippen LogP contribution >= 0.6 is 0 Å². The van der Waals surface area contributed by atoms with Crippen molar-refractivity contribution in [3.63, 3.8) is 0 Å². The molecule has 4 heteroatoms. The van der Waals surface area contributed by atoms with Crippen LogP contribution in [0.25, 0.3) is 0 Å². The van der Waals surface area contributed by atoms with Crippen molar-refractivity contribution in [1.29, 1.82) is 0 Å². The molecule has 0 bridgehead atoms. The van der Waals surface area contributed by atoms with Gasteiger partial charge in [-0.3, -0.25) is 0 Å². The van der Waals surface area contributed by atoms with E-state index in [0.717, 1.165) is 12.1 Å². The van der Waals surface area contributed by atoms with Crippen molar-refractivity contribution in [2.24, 2.45) is 0 Å². The van der Waals surface area contributed by atoms with Crippen LogP contribution in [0, 0.1) is 11.6 Å². The lowest BCUT2D eigenvalue weighted by Crippen LogP contribution is -2.29. The summed E-state index contributed by atoms with van der Waals surface area (Å²) in [7, 11) is 0. The number of nitrogens with one attached hydrogen (secondary N) is 1. The monoisotopic (exact) mass is 215 g/mol. The molecule has 0 saturated carbocycles. The molecule has 1 N–H and O–H groups in total. The minimum atomic E-state index is -1.39. The summed E-state index contributed by atoms with van der Waals surface area (Å²) in [5.74, 6) is -1.30. The van der Waals surface area contributed by atoms with Crippen molar-refractivity contribution in [2.45, 2.75) is 18.5 Å². The Hall–Kier alpha value is -1.03. The Labute approximate surface area is 86.3 Å². The Morgan fingerprint density at radius 2 is 2.13 bits per heavy atom. The summed E-state index contributed by atoms with van der Waals surface area (Å²) in [4.78, 5) is 0. The van der Waals surface area contributed by atoms with Gasteiger partial charge in [-0.1, -0.05) is 6.07 Å². The van der Waals surface area contributed by atoms with Crippen LogP contribution < -0.4 is 5.32 Å². The van der Waals surface area contributed by atoms with Crippen LogP contribution in [0.1, 0.15) is 12.0 Å². The molecule has 1 aromatic carbocycles. The van der Waals surface area contributed by atoms with Gasteiger partial charge in [-0.2, -0.15) is 0 Å². The maximum Gasteiger partial charge on any atom is 0.129 e. The molecule has 2 rings (SSSR count). The molecule has 82 valence electrons. The van der Waals surface area contributed by atoms with E-state index in [2.05, 4.69) is 5.32 Å². The standard InChI is InChI=1S/C11H12F3N/c12-9-2-1-8(10(13)5-9)6-11(14)3-4-15-7-11/h1-2,5,15H,3-4,6-7H2. The van der Waals surface area contributed by atoms with E-state index >= 15 is 0 Å². The van der Waals surface area contributed by atoms with Gasteiger partial charge in [0.05, 0.1) is 0 Å². The highest BCUT2D eigenvalue weighted by atomic mass is 19.1. The lowest BCUT2D eigenvalue weighted by molar-refractivity contribution is 0.188. The molecule has 1 heterocycles. The lowest BCUT2D eigenvalue weighted by atomic mass is 9.95. The Bertz CT molecular complexity index is 359. The van der Waals surface area contributed by atoms with Gasteiger partial charge in [0.2, 0.25) is 0 Å². The molecular weight excluding hydrogens is 203 g/mol. The number of hydrogen-bond donors (Lipinski definition) is 1. The van der Waals surface area contributed by atoms with Crippen molar-refractivity contribution in [3.05, 3.63) is 35.4 Å². The zero-order valence-corrected chi connectivity index (χ0v) is 8.19. The molecule has 15 heavy (non-hydrogen) atoms. The highest BCUT2D eigenvalue weighted by Gasteiger charge is 2.34. The van der Waals surface area contributed by atoms with Gasteiger partial charge in [0.1, 0.15) is 17.3 Å². The molecule has 1 aliphatic heterocycles. The maximum atomic E-state index is 14.0. The molecule has 0 spiro atoms. The molecule has 0 radical (unpaired) electrons. The quantitative estimate of drug-likeness (QED) is 0.797. The molecule has 0 amide bonds. The fourth-order valence-corrected chi connectivity index (χ4v) is 1.87. The summed E-state index contributed by atoms with van der Waals surface area (Å²) in [5, 5.41) is 2.89. The number of alkyl halides is 1. The van der Waals surface area contributed by atoms with Gasteiger partial charge in [-0.15, -0.1) is 0 Å².